The normalized spacial score (nSPS) is 17.9. The lowest BCUT2D eigenvalue weighted by molar-refractivity contribution is 0.210. The van der Waals surface area contributed by atoms with E-state index in [4.69, 9.17) is 57.9 Å². The van der Waals surface area contributed by atoms with E-state index in [1.165, 1.54) is 11.1 Å². The summed E-state index contributed by atoms with van der Waals surface area (Å²) in [6.45, 7) is 5.27. The van der Waals surface area contributed by atoms with Crippen molar-refractivity contribution in [3.63, 3.8) is 0 Å². The molecule has 43 heavy (non-hydrogen) atoms. The van der Waals surface area contributed by atoms with Crippen molar-refractivity contribution in [2.45, 2.75) is 38.5 Å². The van der Waals surface area contributed by atoms with Crippen molar-refractivity contribution >= 4 is 63.4 Å². The summed E-state index contributed by atoms with van der Waals surface area (Å²) in [6.07, 6.45) is 9.35. The van der Waals surface area contributed by atoms with Crippen molar-refractivity contribution in [1.82, 2.24) is 25.3 Å². The van der Waals surface area contributed by atoms with Crippen LogP contribution in [0, 0.1) is 10.8 Å². The molecule has 0 unspecified atom stereocenters. The van der Waals surface area contributed by atoms with Gasteiger partial charge in [0, 0.05) is 13.1 Å². The minimum atomic E-state index is 0.0633. The fraction of sp³-hybridized carbons (Fsp3) is 0.452. The number of piperidine rings is 2. The second-order valence-electron chi connectivity index (χ2n) is 11.8. The topological polar surface area (TPSA) is 122 Å². The smallest absolute Gasteiger partial charge is 0.182 e. The molecular formula is C31H38Cl4N8. The van der Waals surface area contributed by atoms with Gasteiger partial charge in [-0.3, -0.25) is 0 Å². The Morgan fingerprint density at radius 3 is 1.81 bits per heavy atom. The van der Waals surface area contributed by atoms with Gasteiger partial charge in [0.15, 0.2) is 11.5 Å². The average Bonchev–Trinajstić information content (AvgIpc) is 3.52. The van der Waals surface area contributed by atoms with Crippen LogP contribution in [0.25, 0.3) is 11.2 Å². The van der Waals surface area contributed by atoms with Gasteiger partial charge in [-0.05, 0) is 111 Å². The number of nitrogens with zero attached hydrogens (tertiary/aromatic N) is 4. The Bertz CT molecular complexity index is 1510. The third kappa shape index (κ3) is 7.74. The summed E-state index contributed by atoms with van der Waals surface area (Å²) in [4.78, 5) is 18.3. The molecule has 0 aliphatic carbocycles. The second kappa shape index (κ2) is 14.3. The van der Waals surface area contributed by atoms with E-state index in [1.807, 2.05) is 36.4 Å². The minimum absolute atomic E-state index is 0.0633. The first-order valence-electron chi connectivity index (χ1n) is 14.6. The van der Waals surface area contributed by atoms with Crippen LogP contribution in [-0.4, -0.2) is 59.2 Å². The lowest BCUT2D eigenvalue weighted by Gasteiger charge is -2.42. The number of hydrogen-bond acceptors (Lipinski definition) is 7. The molecule has 6 rings (SSSR count). The maximum Gasteiger partial charge on any atom is 0.182 e. The van der Waals surface area contributed by atoms with E-state index in [-0.39, 0.29) is 10.8 Å². The van der Waals surface area contributed by atoms with Gasteiger partial charge in [-0.1, -0.05) is 58.5 Å². The van der Waals surface area contributed by atoms with Gasteiger partial charge in [0.1, 0.15) is 11.8 Å². The molecule has 8 nitrogen and oxygen atoms in total. The van der Waals surface area contributed by atoms with Crippen LogP contribution in [0.15, 0.2) is 49.1 Å². The molecule has 12 heteroatoms. The zero-order valence-electron chi connectivity index (χ0n) is 24.1. The van der Waals surface area contributed by atoms with Gasteiger partial charge in [-0.15, -0.1) is 0 Å². The Hall–Kier alpha value is -2.17. The lowest BCUT2D eigenvalue weighted by Crippen LogP contribution is -2.45. The van der Waals surface area contributed by atoms with Gasteiger partial charge >= 0.3 is 0 Å². The molecule has 2 aromatic carbocycles. The minimum Gasteiger partial charge on any atom is -0.355 e. The molecule has 6 N–H and O–H groups in total. The highest BCUT2D eigenvalue weighted by molar-refractivity contribution is 6.42. The van der Waals surface area contributed by atoms with E-state index in [0.29, 0.717) is 32.3 Å². The SMILES string of the molecule is NCC1(Cc2ccc(Cl)c(Cl)c2)CCN(c2ncnc3nc[nH]c23)CC1.NCC1(Cc2ccc(Cl)c(Cl)c2)CCNCC1. The van der Waals surface area contributed by atoms with E-state index in [0.717, 1.165) is 82.6 Å². The van der Waals surface area contributed by atoms with Gasteiger partial charge in [-0.2, -0.15) is 0 Å². The molecule has 0 amide bonds. The molecule has 0 atom stereocenters. The summed E-state index contributed by atoms with van der Waals surface area (Å²) in [5.74, 6) is 0.910. The first kappa shape index (κ1) is 32.2. The summed E-state index contributed by atoms with van der Waals surface area (Å²) in [5.41, 5.74) is 16.4. The van der Waals surface area contributed by atoms with Crippen LogP contribution in [0.2, 0.25) is 20.1 Å². The highest BCUT2D eigenvalue weighted by Crippen LogP contribution is 2.38. The van der Waals surface area contributed by atoms with Crippen molar-refractivity contribution in [1.29, 1.82) is 0 Å². The molecular weight excluding hydrogens is 626 g/mol. The van der Waals surface area contributed by atoms with E-state index >= 15 is 0 Å². The zero-order chi connectivity index (χ0) is 30.5. The number of aromatic amines is 1. The quantitative estimate of drug-likeness (QED) is 0.183. The number of benzene rings is 2. The van der Waals surface area contributed by atoms with Crippen LogP contribution in [0.5, 0.6) is 0 Å². The fourth-order valence-corrected chi connectivity index (χ4v) is 6.85. The lowest BCUT2D eigenvalue weighted by atomic mass is 9.74. The van der Waals surface area contributed by atoms with E-state index in [1.54, 1.807) is 12.7 Å². The number of hydrogen-bond donors (Lipinski definition) is 4. The maximum atomic E-state index is 6.19. The van der Waals surface area contributed by atoms with Crippen molar-refractivity contribution in [3.8, 4) is 0 Å². The van der Waals surface area contributed by atoms with Gasteiger partial charge in [0.05, 0.1) is 26.4 Å². The fourth-order valence-electron chi connectivity index (χ4n) is 6.21. The zero-order valence-corrected chi connectivity index (χ0v) is 27.1. The molecule has 2 aliphatic rings. The molecule has 2 aliphatic heterocycles. The van der Waals surface area contributed by atoms with Gasteiger partial charge < -0.3 is 26.7 Å². The maximum absolute atomic E-state index is 6.19. The third-order valence-corrected chi connectivity index (χ3v) is 10.5. The highest BCUT2D eigenvalue weighted by Gasteiger charge is 2.35. The number of imidazole rings is 1. The monoisotopic (exact) mass is 662 g/mol. The molecule has 230 valence electrons. The van der Waals surface area contributed by atoms with Crippen LogP contribution in [0.1, 0.15) is 36.8 Å². The summed E-state index contributed by atoms with van der Waals surface area (Å²) in [7, 11) is 0. The van der Waals surface area contributed by atoms with E-state index in [9.17, 15) is 0 Å². The predicted octanol–water partition coefficient (Wildman–Crippen LogP) is 6.31. The molecule has 4 aromatic rings. The largest absolute Gasteiger partial charge is 0.355 e. The molecule has 2 aromatic heterocycles. The Morgan fingerprint density at radius 2 is 1.28 bits per heavy atom. The van der Waals surface area contributed by atoms with Crippen molar-refractivity contribution in [2.24, 2.45) is 22.3 Å². The summed E-state index contributed by atoms with van der Waals surface area (Å²) >= 11 is 24.2. The number of anilines is 1. The van der Waals surface area contributed by atoms with Crippen LogP contribution < -0.4 is 21.7 Å². The van der Waals surface area contributed by atoms with Crippen LogP contribution in [0.3, 0.4) is 0 Å². The number of rotatable bonds is 7. The van der Waals surface area contributed by atoms with Crippen LogP contribution in [-0.2, 0) is 12.8 Å². The number of aromatic nitrogens is 4. The number of nitrogens with two attached hydrogens (primary N) is 2. The highest BCUT2D eigenvalue weighted by atomic mass is 35.5. The van der Waals surface area contributed by atoms with Crippen molar-refractivity contribution in [2.75, 3.05) is 44.2 Å². The second-order valence-corrected chi connectivity index (χ2v) is 13.4. The summed E-state index contributed by atoms with van der Waals surface area (Å²) < 4.78 is 0. The predicted molar refractivity (Wildman–Crippen MR) is 179 cm³/mol. The summed E-state index contributed by atoms with van der Waals surface area (Å²) in [5, 5.41) is 5.80. The van der Waals surface area contributed by atoms with Crippen LogP contribution in [0.4, 0.5) is 5.82 Å². The van der Waals surface area contributed by atoms with Gasteiger partial charge in [0.2, 0.25) is 0 Å². The average molecular weight is 665 g/mol. The number of halogens is 4. The molecule has 0 spiro atoms. The Balaban J connectivity index is 0.000000188. The number of H-pyrrole nitrogens is 1. The number of fused-ring (bicyclic) bond motifs is 1. The molecule has 0 bridgehead atoms. The number of nitrogens with one attached hydrogen (secondary N) is 2. The van der Waals surface area contributed by atoms with Crippen molar-refractivity contribution < 1.29 is 0 Å². The van der Waals surface area contributed by atoms with Crippen LogP contribution >= 0.6 is 46.4 Å². The van der Waals surface area contributed by atoms with E-state index in [2.05, 4.69) is 30.2 Å². The summed E-state index contributed by atoms with van der Waals surface area (Å²) in [6, 6.07) is 11.7. The van der Waals surface area contributed by atoms with Gasteiger partial charge in [0.25, 0.3) is 0 Å². The van der Waals surface area contributed by atoms with Gasteiger partial charge in [-0.25, -0.2) is 15.0 Å². The standard InChI is InChI=1S/C18H20Cl2N6.C13H18Cl2N2/c19-13-2-1-12(7-14(13)20)8-18(9-21)3-5-26(6-4-18)17-15-16(23-10-22-15)24-11-25-17;14-11-2-1-10(7-12(11)15)8-13(9-16)3-5-17-6-4-13/h1-2,7,10-11H,3-6,8-9,21H2,(H,22,23,24,25);1-2,7,17H,3-6,8-9,16H2. The first-order valence-corrected chi connectivity index (χ1v) is 16.1. The molecule has 4 heterocycles. The molecule has 2 fully saturated rings. The first-order chi connectivity index (χ1) is 20.8. The van der Waals surface area contributed by atoms with E-state index < -0.39 is 0 Å². The Morgan fingerprint density at radius 1 is 0.721 bits per heavy atom. The van der Waals surface area contributed by atoms with Crippen molar-refractivity contribution in [3.05, 3.63) is 80.3 Å². The molecule has 0 saturated carbocycles. The molecule has 0 radical (unpaired) electrons. The Kier molecular flexibility index (Phi) is 10.7. The Labute approximate surface area is 272 Å². The molecule has 2 saturated heterocycles. The third-order valence-electron chi connectivity index (χ3n) is 8.98.